The molecule has 1 N–H and O–H groups in total. The molecule has 0 aromatic heterocycles. The molecule has 1 saturated carbocycles. The molecule has 0 bridgehead atoms. The van der Waals surface area contributed by atoms with E-state index in [1.807, 2.05) is 13.1 Å². The zero-order chi connectivity index (χ0) is 14.5. The second-order valence-corrected chi connectivity index (χ2v) is 6.94. The molecule has 0 radical (unpaired) electrons. The van der Waals surface area contributed by atoms with Crippen LogP contribution >= 0.6 is 15.9 Å². The van der Waals surface area contributed by atoms with Crippen molar-refractivity contribution >= 4 is 15.9 Å². The molecule has 1 aliphatic carbocycles. The molecule has 0 spiro atoms. The first kappa shape index (κ1) is 16.0. The minimum atomic E-state index is -0.0873. The smallest absolute Gasteiger partial charge is 0.126 e. The molecule has 0 heterocycles. The quantitative estimate of drug-likeness (QED) is 0.800. The van der Waals surface area contributed by atoms with Gasteiger partial charge in [-0.2, -0.15) is 0 Å². The second kappa shape index (κ2) is 7.56. The van der Waals surface area contributed by atoms with Crippen LogP contribution in [0.1, 0.15) is 44.6 Å². The molecule has 1 aromatic carbocycles. The minimum absolute atomic E-state index is 0.0873. The summed E-state index contributed by atoms with van der Waals surface area (Å²) >= 11 is 3.43. The van der Waals surface area contributed by atoms with E-state index in [0.717, 1.165) is 22.4 Å². The highest BCUT2D eigenvalue weighted by molar-refractivity contribution is 9.10. The Hall–Kier alpha value is -0.410. The molecule has 0 amide bonds. The van der Waals surface area contributed by atoms with Gasteiger partial charge < -0.3 is 5.32 Å². The van der Waals surface area contributed by atoms with E-state index in [-0.39, 0.29) is 5.82 Å². The normalized spacial score (nSPS) is 24.6. The molecule has 2 rings (SSSR count). The van der Waals surface area contributed by atoms with E-state index in [4.69, 9.17) is 0 Å². The fraction of sp³-hybridized carbons (Fsp3) is 0.647. The number of nitrogens with one attached hydrogen (secondary N) is 1. The third-order valence-electron chi connectivity index (χ3n) is 4.86. The number of rotatable bonds is 5. The summed E-state index contributed by atoms with van der Waals surface area (Å²) in [5.74, 6) is 1.50. The summed E-state index contributed by atoms with van der Waals surface area (Å²) in [6, 6.07) is 5.62. The summed E-state index contributed by atoms with van der Waals surface area (Å²) in [6.07, 6.45) is 7.31. The molecule has 3 heteroatoms. The summed E-state index contributed by atoms with van der Waals surface area (Å²) in [5.41, 5.74) is 0.816. The Labute approximate surface area is 130 Å². The first-order valence-electron chi connectivity index (χ1n) is 7.75. The largest absolute Gasteiger partial charge is 0.316 e. The van der Waals surface area contributed by atoms with E-state index in [9.17, 15) is 4.39 Å². The van der Waals surface area contributed by atoms with E-state index in [1.165, 1.54) is 32.1 Å². The lowest BCUT2D eigenvalue weighted by atomic mass is 9.76. The van der Waals surface area contributed by atoms with Crippen LogP contribution in [0, 0.1) is 17.7 Å². The molecular formula is C17H25BrFN. The lowest BCUT2D eigenvalue weighted by Crippen LogP contribution is -2.37. The second-order valence-electron chi connectivity index (χ2n) is 6.02. The number of benzene rings is 1. The number of halogens is 2. The molecule has 0 saturated heterocycles. The monoisotopic (exact) mass is 341 g/mol. The Morgan fingerprint density at radius 2 is 2.00 bits per heavy atom. The lowest BCUT2D eigenvalue weighted by molar-refractivity contribution is 0.221. The van der Waals surface area contributed by atoms with Crippen molar-refractivity contribution in [3.05, 3.63) is 34.1 Å². The van der Waals surface area contributed by atoms with Crippen LogP contribution in [0.2, 0.25) is 0 Å². The molecular weight excluding hydrogens is 317 g/mol. The van der Waals surface area contributed by atoms with Crippen LogP contribution in [0.25, 0.3) is 0 Å². The van der Waals surface area contributed by atoms with Crippen LogP contribution in [0.15, 0.2) is 22.7 Å². The average molecular weight is 342 g/mol. The van der Waals surface area contributed by atoms with E-state index in [2.05, 4.69) is 28.2 Å². The Bertz CT molecular complexity index is 427. The number of likely N-dealkylation sites (N-methyl/N-ethyl adjacent to an activating group) is 1. The van der Waals surface area contributed by atoms with Crippen LogP contribution < -0.4 is 5.32 Å². The van der Waals surface area contributed by atoms with Crippen molar-refractivity contribution in [1.82, 2.24) is 5.32 Å². The van der Waals surface area contributed by atoms with Gasteiger partial charge in [0, 0.05) is 10.5 Å². The maximum atomic E-state index is 13.9. The first-order chi connectivity index (χ1) is 9.63. The summed E-state index contributed by atoms with van der Waals surface area (Å²) in [7, 11) is 2.01. The van der Waals surface area contributed by atoms with Crippen LogP contribution in [0.5, 0.6) is 0 Å². The van der Waals surface area contributed by atoms with Gasteiger partial charge in [-0.15, -0.1) is 0 Å². The molecule has 1 aromatic rings. The predicted octanol–water partition coefficient (Wildman–Crippen LogP) is 4.94. The molecule has 1 nitrogen and oxygen atoms in total. The predicted molar refractivity (Wildman–Crippen MR) is 86.4 cm³/mol. The SMILES string of the molecule is CCC1CCC(C(Cc2cc(Br)ccc2F)NC)CC1. The Balaban J connectivity index is 2.00. The summed E-state index contributed by atoms with van der Waals surface area (Å²) in [6.45, 7) is 2.29. The van der Waals surface area contributed by atoms with Gasteiger partial charge in [0.25, 0.3) is 0 Å². The van der Waals surface area contributed by atoms with Gasteiger partial charge in [-0.25, -0.2) is 4.39 Å². The summed E-state index contributed by atoms with van der Waals surface area (Å²) < 4.78 is 14.9. The van der Waals surface area contributed by atoms with Gasteiger partial charge in [-0.05, 0) is 61.9 Å². The van der Waals surface area contributed by atoms with Crippen molar-refractivity contribution in [2.75, 3.05) is 7.05 Å². The van der Waals surface area contributed by atoms with Crippen molar-refractivity contribution in [3.8, 4) is 0 Å². The summed E-state index contributed by atoms with van der Waals surface area (Å²) in [5, 5.41) is 3.42. The molecule has 1 aliphatic rings. The third kappa shape index (κ3) is 4.05. The van der Waals surface area contributed by atoms with Crippen LogP contribution in [0.3, 0.4) is 0 Å². The van der Waals surface area contributed by atoms with E-state index < -0.39 is 0 Å². The zero-order valence-corrected chi connectivity index (χ0v) is 14.0. The van der Waals surface area contributed by atoms with Crippen molar-refractivity contribution in [2.24, 2.45) is 11.8 Å². The molecule has 112 valence electrons. The highest BCUT2D eigenvalue weighted by atomic mass is 79.9. The van der Waals surface area contributed by atoms with E-state index in [1.54, 1.807) is 12.1 Å². The van der Waals surface area contributed by atoms with Gasteiger partial charge in [0.15, 0.2) is 0 Å². The topological polar surface area (TPSA) is 12.0 Å². The van der Waals surface area contributed by atoms with E-state index >= 15 is 0 Å². The number of hydrogen-bond donors (Lipinski definition) is 1. The standard InChI is InChI=1S/C17H25BrFN/c1-3-12-4-6-13(7-5-12)17(20-2)11-14-10-15(18)8-9-16(14)19/h8-10,12-13,17,20H,3-7,11H2,1-2H3. The Morgan fingerprint density at radius 1 is 1.30 bits per heavy atom. The third-order valence-corrected chi connectivity index (χ3v) is 5.35. The zero-order valence-electron chi connectivity index (χ0n) is 12.5. The Kier molecular flexibility index (Phi) is 6.03. The molecule has 0 aliphatic heterocycles. The van der Waals surface area contributed by atoms with Crippen molar-refractivity contribution in [2.45, 2.75) is 51.5 Å². The minimum Gasteiger partial charge on any atom is -0.316 e. The Morgan fingerprint density at radius 3 is 2.60 bits per heavy atom. The van der Waals surface area contributed by atoms with Crippen molar-refractivity contribution in [1.29, 1.82) is 0 Å². The molecule has 1 fully saturated rings. The van der Waals surface area contributed by atoms with Crippen molar-refractivity contribution in [3.63, 3.8) is 0 Å². The molecule has 20 heavy (non-hydrogen) atoms. The maximum Gasteiger partial charge on any atom is 0.126 e. The fourth-order valence-corrected chi connectivity index (χ4v) is 3.85. The van der Waals surface area contributed by atoms with Crippen LogP contribution in [-0.2, 0) is 6.42 Å². The van der Waals surface area contributed by atoms with Gasteiger partial charge in [0.05, 0.1) is 0 Å². The highest BCUT2D eigenvalue weighted by Crippen LogP contribution is 2.33. The molecule has 1 unspecified atom stereocenters. The number of hydrogen-bond acceptors (Lipinski definition) is 1. The fourth-order valence-electron chi connectivity index (χ4n) is 3.44. The van der Waals surface area contributed by atoms with Gasteiger partial charge in [0.2, 0.25) is 0 Å². The lowest BCUT2D eigenvalue weighted by Gasteiger charge is -2.33. The van der Waals surface area contributed by atoms with E-state index in [0.29, 0.717) is 12.0 Å². The summed E-state index contributed by atoms with van der Waals surface area (Å²) in [4.78, 5) is 0. The highest BCUT2D eigenvalue weighted by Gasteiger charge is 2.26. The average Bonchev–Trinajstić information content (AvgIpc) is 2.48. The van der Waals surface area contributed by atoms with Crippen LogP contribution in [0.4, 0.5) is 4.39 Å². The van der Waals surface area contributed by atoms with Gasteiger partial charge in [-0.1, -0.05) is 42.1 Å². The van der Waals surface area contributed by atoms with Gasteiger partial charge >= 0.3 is 0 Å². The van der Waals surface area contributed by atoms with Crippen molar-refractivity contribution < 1.29 is 4.39 Å². The molecule has 1 atom stereocenters. The van der Waals surface area contributed by atoms with Gasteiger partial charge in [-0.3, -0.25) is 0 Å². The van der Waals surface area contributed by atoms with Gasteiger partial charge in [0.1, 0.15) is 5.82 Å². The van der Waals surface area contributed by atoms with Crippen LogP contribution in [-0.4, -0.2) is 13.1 Å². The first-order valence-corrected chi connectivity index (χ1v) is 8.54. The maximum absolute atomic E-state index is 13.9.